The van der Waals surface area contributed by atoms with Crippen LogP contribution in [-0.2, 0) is 0 Å². The molecule has 17 heavy (non-hydrogen) atoms. The summed E-state index contributed by atoms with van der Waals surface area (Å²) in [6.07, 6.45) is 4.84. The minimum Gasteiger partial charge on any atom is -0.384 e. The van der Waals surface area contributed by atoms with Crippen molar-refractivity contribution in [2.24, 2.45) is 0 Å². The summed E-state index contributed by atoms with van der Waals surface area (Å²) in [4.78, 5) is 6.42. The van der Waals surface area contributed by atoms with Gasteiger partial charge in [-0.05, 0) is 47.0 Å². The molecule has 0 radical (unpaired) electrons. The lowest BCUT2D eigenvalue weighted by Gasteiger charge is -2.18. The zero-order valence-corrected chi connectivity index (χ0v) is 11.3. The fourth-order valence-corrected chi connectivity index (χ4v) is 1.63. The van der Waals surface area contributed by atoms with Crippen LogP contribution in [0.4, 0.5) is 11.4 Å². The van der Waals surface area contributed by atoms with Gasteiger partial charge in [0.05, 0.1) is 23.8 Å². The molecule has 96 valence electrons. The molecule has 1 unspecified atom stereocenters. The van der Waals surface area contributed by atoms with Crippen LogP contribution in [-0.4, -0.2) is 43.1 Å². The van der Waals surface area contributed by atoms with Gasteiger partial charge in [-0.25, -0.2) is 0 Å². The van der Waals surface area contributed by atoms with E-state index in [9.17, 15) is 0 Å². The van der Waals surface area contributed by atoms with Gasteiger partial charge in [0.2, 0.25) is 0 Å². The molecular weight excluding hydrogens is 212 g/mol. The molecule has 1 atom stereocenters. The van der Waals surface area contributed by atoms with Crippen molar-refractivity contribution in [1.29, 1.82) is 0 Å². The second-order valence-electron chi connectivity index (χ2n) is 4.63. The summed E-state index contributed by atoms with van der Waals surface area (Å²) in [6.45, 7) is 6.29. The highest BCUT2D eigenvalue weighted by atomic mass is 15.1. The Morgan fingerprint density at radius 2 is 2.00 bits per heavy atom. The maximum absolute atomic E-state index is 4.22. The largest absolute Gasteiger partial charge is 0.384 e. The summed E-state index contributed by atoms with van der Waals surface area (Å²) in [6, 6.07) is 2.55. The van der Waals surface area contributed by atoms with Crippen molar-refractivity contribution < 1.29 is 0 Å². The quantitative estimate of drug-likeness (QED) is 0.762. The smallest absolute Gasteiger partial charge is 0.0549 e. The molecule has 0 bridgehead atoms. The molecule has 0 saturated heterocycles. The zero-order chi connectivity index (χ0) is 12.7. The van der Waals surface area contributed by atoms with E-state index in [0.29, 0.717) is 6.04 Å². The molecule has 1 aromatic heterocycles. The van der Waals surface area contributed by atoms with Crippen molar-refractivity contribution in [2.75, 3.05) is 37.8 Å². The average Bonchev–Trinajstić information content (AvgIpc) is 2.27. The first-order valence-corrected chi connectivity index (χ1v) is 6.22. The average molecular weight is 236 g/mol. The van der Waals surface area contributed by atoms with E-state index in [1.54, 1.807) is 0 Å². The van der Waals surface area contributed by atoms with Gasteiger partial charge in [-0.3, -0.25) is 4.98 Å². The van der Waals surface area contributed by atoms with Gasteiger partial charge in [0.25, 0.3) is 0 Å². The Morgan fingerprint density at radius 3 is 2.65 bits per heavy atom. The fraction of sp³-hybridized carbons (Fsp3) is 0.615. The van der Waals surface area contributed by atoms with Gasteiger partial charge in [0, 0.05) is 12.6 Å². The van der Waals surface area contributed by atoms with E-state index in [2.05, 4.69) is 54.5 Å². The lowest BCUT2D eigenvalue weighted by atomic mass is 10.2. The summed E-state index contributed by atoms with van der Waals surface area (Å²) in [5.41, 5.74) is 2.15. The maximum atomic E-state index is 4.22. The minimum absolute atomic E-state index is 0.455. The van der Waals surface area contributed by atoms with E-state index < -0.39 is 0 Å². The van der Waals surface area contributed by atoms with Crippen molar-refractivity contribution in [2.45, 2.75) is 26.3 Å². The molecule has 0 aromatic carbocycles. The van der Waals surface area contributed by atoms with Crippen molar-refractivity contribution in [3.63, 3.8) is 0 Å². The number of nitrogens with one attached hydrogen (secondary N) is 2. The summed E-state index contributed by atoms with van der Waals surface area (Å²) in [7, 11) is 4.19. The van der Waals surface area contributed by atoms with Crippen LogP contribution in [0.2, 0.25) is 0 Å². The topological polar surface area (TPSA) is 40.2 Å². The highest BCUT2D eigenvalue weighted by molar-refractivity contribution is 5.54. The first-order chi connectivity index (χ1) is 8.11. The number of hydrogen-bond acceptors (Lipinski definition) is 4. The number of anilines is 2. The number of hydrogen-bond donors (Lipinski definition) is 2. The predicted octanol–water partition coefficient (Wildman–Crippen LogP) is 2.27. The summed E-state index contributed by atoms with van der Waals surface area (Å²) in [5.74, 6) is 0. The van der Waals surface area contributed by atoms with Crippen molar-refractivity contribution in [3.05, 3.63) is 18.5 Å². The van der Waals surface area contributed by atoms with Gasteiger partial charge in [0.15, 0.2) is 0 Å². The highest BCUT2D eigenvalue weighted by Crippen LogP contribution is 2.14. The second kappa shape index (κ2) is 7.12. The van der Waals surface area contributed by atoms with E-state index in [1.807, 2.05) is 12.4 Å². The molecule has 4 heteroatoms. The molecular formula is C13H24N4. The van der Waals surface area contributed by atoms with Gasteiger partial charge >= 0.3 is 0 Å². The van der Waals surface area contributed by atoms with Gasteiger partial charge in [-0.1, -0.05) is 0 Å². The second-order valence-corrected chi connectivity index (χ2v) is 4.63. The van der Waals surface area contributed by atoms with Crippen molar-refractivity contribution in [1.82, 2.24) is 9.88 Å². The Bertz CT molecular complexity index is 325. The Balaban J connectivity index is 2.46. The lowest BCUT2D eigenvalue weighted by molar-refractivity contribution is 0.390. The molecule has 0 aliphatic carbocycles. The molecule has 2 N–H and O–H groups in total. The Morgan fingerprint density at radius 1 is 1.29 bits per heavy atom. The summed E-state index contributed by atoms with van der Waals surface area (Å²) >= 11 is 0. The predicted molar refractivity (Wildman–Crippen MR) is 74.7 cm³/mol. The van der Waals surface area contributed by atoms with Crippen molar-refractivity contribution >= 4 is 11.4 Å². The van der Waals surface area contributed by atoms with Crippen LogP contribution in [0.15, 0.2) is 18.5 Å². The van der Waals surface area contributed by atoms with Crippen LogP contribution in [0.5, 0.6) is 0 Å². The SMILES string of the molecule is CCNc1cncc(NC(C)CCN(C)C)c1. The third-order valence-corrected chi connectivity index (χ3v) is 2.54. The number of nitrogens with zero attached hydrogens (tertiary/aromatic N) is 2. The first kappa shape index (κ1) is 13.8. The monoisotopic (exact) mass is 236 g/mol. The molecule has 4 nitrogen and oxygen atoms in total. The van der Waals surface area contributed by atoms with Gasteiger partial charge in [-0.2, -0.15) is 0 Å². The molecule has 0 saturated carbocycles. The fourth-order valence-electron chi connectivity index (χ4n) is 1.63. The minimum atomic E-state index is 0.455. The standard InChI is InChI=1S/C13H24N4/c1-5-15-12-8-13(10-14-9-12)16-11(2)6-7-17(3)4/h8-11,15-16H,5-7H2,1-4H3. The Kier molecular flexibility index (Phi) is 5.77. The van der Waals surface area contributed by atoms with E-state index in [0.717, 1.165) is 30.9 Å². The molecule has 1 heterocycles. The highest BCUT2D eigenvalue weighted by Gasteiger charge is 2.03. The molecule has 0 fully saturated rings. The summed E-state index contributed by atoms with van der Waals surface area (Å²) in [5, 5.41) is 6.73. The summed E-state index contributed by atoms with van der Waals surface area (Å²) < 4.78 is 0. The lowest BCUT2D eigenvalue weighted by Crippen LogP contribution is -2.23. The Hall–Kier alpha value is -1.29. The van der Waals surface area contributed by atoms with E-state index in [-0.39, 0.29) is 0 Å². The third kappa shape index (κ3) is 5.54. The molecule has 1 aromatic rings. The molecule has 1 rings (SSSR count). The van der Waals surface area contributed by atoms with Gasteiger partial charge < -0.3 is 15.5 Å². The number of aromatic nitrogens is 1. The number of pyridine rings is 1. The molecule has 0 aliphatic rings. The van der Waals surface area contributed by atoms with Gasteiger partial charge in [-0.15, -0.1) is 0 Å². The van der Waals surface area contributed by atoms with Crippen LogP contribution < -0.4 is 10.6 Å². The molecule has 0 aliphatic heterocycles. The van der Waals surface area contributed by atoms with Gasteiger partial charge in [0.1, 0.15) is 0 Å². The van der Waals surface area contributed by atoms with E-state index in [4.69, 9.17) is 0 Å². The van der Waals surface area contributed by atoms with E-state index >= 15 is 0 Å². The first-order valence-electron chi connectivity index (χ1n) is 6.22. The number of rotatable bonds is 7. The molecule has 0 amide bonds. The third-order valence-electron chi connectivity index (χ3n) is 2.54. The van der Waals surface area contributed by atoms with Crippen LogP contribution in [0.3, 0.4) is 0 Å². The van der Waals surface area contributed by atoms with Crippen LogP contribution >= 0.6 is 0 Å². The maximum Gasteiger partial charge on any atom is 0.0549 e. The van der Waals surface area contributed by atoms with Crippen LogP contribution in [0, 0.1) is 0 Å². The Labute approximate surface area is 104 Å². The van der Waals surface area contributed by atoms with Crippen LogP contribution in [0.25, 0.3) is 0 Å². The van der Waals surface area contributed by atoms with E-state index in [1.165, 1.54) is 0 Å². The normalized spacial score (nSPS) is 12.5. The van der Waals surface area contributed by atoms with Crippen molar-refractivity contribution in [3.8, 4) is 0 Å². The molecule has 0 spiro atoms. The van der Waals surface area contributed by atoms with Crippen LogP contribution in [0.1, 0.15) is 20.3 Å². The zero-order valence-electron chi connectivity index (χ0n) is 11.3.